The van der Waals surface area contributed by atoms with Gasteiger partial charge in [0, 0.05) is 32.9 Å². The second-order valence-corrected chi connectivity index (χ2v) is 11.4. The Morgan fingerprint density at radius 3 is 2.24 bits per heavy atom. The van der Waals surface area contributed by atoms with Gasteiger partial charge in [-0.3, -0.25) is 14.2 Å². The smallest absolute Gasteiger partial charge is 0.335 e. The topological polar surface area (TPSA) is 115 Å². The Morgan fingerprint density at radius 1 is 0.951 bits per heavy atom. The number of aromatic nitrogens is 1. The second-order valence-electron chi connectivity index (χ2n) is 9.43. The van der Waals surface area contributed by atoms with Crippen LogP contribution >= 0.6 is 27.3 Å². The van der Waals surface area contributed by atoms with Gasteiger partial charge < -0.3 is 13.9 Å². The van der Waals surface area contributed by atoms with E-state index < -0.39 is 12.0 Å². The summed E-state index contributed by atoms with van der Waals surface area (Å²) in [5.41, 5.74) is 2.35. The van der Waals surface area contributed by atoms with Gasteiger partial charge >= 0.3 is 5.97 Å². The number of carboxylic acid groups (broad SMARTS) is 1. The maximum atomic E-state index is 13.8. The lowest BCUT2D eigenvalue weighted by Gasteiger charge is -2.22. The SMILES string of the molecule is CC(=O)C1=C(C)N=c2s/c(=C/c3ccc(-c4ccc(C(=O)O)cc4)o3)c(=O)n2[C@H]1c1ccc(-c2ccc(Br)cc2)o1. The Morgan fingerprint density at radius 2 is 1.59 bits per heavy atom. The monoisotopic (exact) mass is 628 g/mol. The van der Waals surface area contributed by atoms with Gasteiger partial charge in [0.15, 0.2) is 10.6 Å². The van der Waals surface area contributed by atoms with Crippen molar-refractivity contribution < 1.29 is 23.5 Å². The van der Waals surface area contributed by atoms with Crippen LogP contribution in [0, 0.1) is 0 Å². The summed E-state index contributed by atoms with van der Waals surface area (Å²) in [6.45, 7) is 3.22. The fraction of sp³-hybridized carbons (Fsp3) is 0.0968. The summed E-state index contributed by atoms with van der Waals surface area (Å²) in [6, 6.07) is 20.3. The van der Waals surface area contributed by atoms with Crippen molar-refractivity contribution in [1.29, 1.82) is 0 Å². The molecule has 0 fully saturated rings. The largest absolute Gasteiger partial charge is 0.478 e. The van der Waals surface area contributed by atoms with Gasteiger partial charge in [0.2, 0.25) is 0 Å². The fourth-order valence-corrected chi connectivity index (χ4v) is 6.09. The Hall–Kier alpha value is -4.54. The average molecular weight is 629 g/mol. The molecule has 41 heavy (non-hydrogen) atoms. The van der Waals surface area contributed by atoms with Crippen LogP contribution in [0.25, 0.3) is 28.7 Å². The molecule has 204 valence electrons. The molecule has 0 saturated carbocycles. The molecule has 5 aromatic rings. The average Bonchev–Trinajstić information content (AvgIpc) is 3.68. The van der Waals surface area contributed by atoms with Crippen molar-refractivity contribution in [2.45, 2.75) is 19.9 Å². The van der Waals surface area contributed by atoms with Gasteiger partial charge in [0.05, 0.1) is 10.1 Å². The lowest BCUT2D eigenvalue weighted by molar-refractivity contribution is -0.114. The van der Waals surface area contributed by atoms with Gasteiger partial charge in [0.1, 0.15) is 29.1 Å². The minimum absolute atomic E-state index is 0.178. The highest BCUT2D eigenvalue weighted by Gasteiger charge is 2.33. The molecule has 0 spiro atoms. The zero-order chi connectivity index (χ0) is 28.8. The number of carboxylic acids is 1. The van der Waals surface area contributed by atoms with Crippen molar-refractivity contribution in [3.8, 4) is 22.6 Å². The van der Waals surface area contributed by atoms with Crippen LogP contribution < -0.4 is 14.9 Å². The maximum absolute atomic E-state index is 13.8. The maximum Gasteiger partial charge on any atom is 0.335 e. The van der Waals surface area contributed by atoms with Crippen LogP contribution in [0.1, 0.15) is 41.8 Å². The molecule has 1 atom stereocenters. The molecule has 1 N–H and O–H groups in total. The number of hydrogen-bond donors (Lipinski definition) is 1. The van der Waals surface area contributed by atoms with E-state index in [2.05, 4.69) is 20.9 Å². The van der Waals surface area contributed by atoms with E-state index in [1.807, 2.05) is 30.3 Å². The number of aromatic carboxylic acids is 1. The predicted octanol–water partition coefficient (Wildman–Crippen LogP) is 5.80. The summed E-state index contributed by atoms with van der Waals surface area (Å²) in [4.78, 5) is 42.7. The lowest BCUT2D eigenvalue weighted by Crippen LogP contribution is -2.39. The fourth-order valence-electron chi connectivity index (χ4n) is 4.80. The first-order chi connectivity index (χ1) is 19.7. The number of fused-ring (bicyclic) bond motifs is 1. The third kappa shape index (κ3) is 4.96. The molecule has 0 bridgehead atoms. The second kappa shape index (κ2) is 10.5. The van der Waals surface area contributed by atoms with Gasteiger partial charge in [-0.2, -0.15) is 0 Å². The number of benzene rings is 2. The van der Waals surface area contributed by atoms with E-state index in [-0.39, 0.29) is 16.9 Å². The molecule has 1 aliphatic rings. The number of furan rings is 2. The van der Waals surface area contributed by atoms with E-state index in [1.165, 1.54) is 35.0 Å². The lowest BCUT2D eigenvalue weighted by atomic mass is 9.98. The molecule has 4 heterocycles. The molecule has 1 aliphatic heterocycles. The molecular weight excluding hydrogens is 608 g/mol. The quantitative estimate of drug-likeness (QED) is 0.254. The first-order valence-corrected chi connectivity index (χ1v) is 14.1. The summed E-state index contributed by atoms with van der Waals surface area (Å²) in [5, 5.41) is 9.13. The number of carbonyl (C=O) groups excluding carboxylic acids is 1. The Labute approximate surface area is 245 Å². The third-order valence-electron chi connectivity index (χ3n) is 6.74. The van der Waals surface area contributed by atoms with Crippen molar-refractivity contribution in [2.24, 2.45) is 4.99 Å². The summed E-state index contributed by atoms with van der Waals surface area (Å²) < 4.78 is 15.0. The number of halogens is 1. The highest BCUT2D eigenvalue weighted by Crippen LogP contribution is 2.34. The first kappa shape index (κ1) is 26.7. The van der Waals surface area contributed by atoms with Gasteiger partial charge in [-0.15, -0.1) is 0 Å². The van der Waals surface area contributed by atoms with E-state index in [4.69, 9.17) is 13.9 Å². The molecule has 10 heteroatoms. The number of allylic oxidation sites excluding steroid dienone is 2. The number of ketones is 1. The predicted molar refractivity (Wildman–Crippen MR) is 157 cm³/mol. The summed E-state index contributed by atoms with van der Waals surface area (Å²) in [6.07, 6.45) is 1.64. The van der Waals surface area contributed by atoms with E-state index in [0.29, 0.717) is 49.2 Å². The van der Waals surface area contributed by atoms with E-state index in [9.17, 15) is 14.4 Å². The number of rotatable bonds is 6. The van der Waals surface area contributed by atoms with Crippen LogP contribution in [0.3, 0.4) is 0 Å². The minimum atomic E-state index is -1.01. The van der Waals surface area contributed by atoms with Crippen LogP contribution in [-0.4, -0.2) is 21.4 Å². The molecule has 6 rings (SSSR count). The van der Waals surface area contributed by atoms with Gasteiger partial charge in [0.25, 0.3) is 5.56 Å². The molecule has 0 radical (unpaired) electrons. The number of carbonyl (C=O) groups is 2. The van der Waals surface area contributed by atoms with Crippen molar-refractivity contribution in [2.75, 3.05) is 0 Å². The molecular formula is C31H21BrN2O6S. The van der Waals surface area contributed by atoms with Crippen molar-refractivity contribution >= 4 is 45.1 Å². The normalized spacial score (nSPS) is 15.1. The zero-order valence-electron chi connectivity index (χ0n) is 21.8. The van der Waals surface area contributed by atoms with E-state index in [0.717, 1.165) is 10.0 Å². The highest BCUT2D eigenvalue weighted by molar-refractivity contribution is 9.10. The Balaban J connectivity index is 1.42. The van der Waals surface area contributed by atoms with Crippen LogP contribution in [-0.2, 0) is 4.79 Å². The van der Waals surface area contributed by atoms with Gasteiger partial charge in [-0.1, -0.05) is 51.5 Å². The van der Waals surface area contributed by atoms with Crippen molar-refractivity contribution in [1.82, 2.24) is 4.57 Å². The van der Waals surface area contributed by atoms with E-state index >= 15 is 0 Å². The molecule has 3 aromatic heterocycles. The Bertz CT molecular complexity index is 2040. The van der Waals surface area contributed by atoms with Crippen molar-refractivity contribution in [3.63, 3.8) is 0 Å². The zero-order valence-corrected chi connectivity index (χ0v) is 24.2. The summed E-state index contributed by atoms with van der Waals surface area (Å²) in [5.74, 6) is 0.850. The van der Waals surface area contributed by atoms with Crippen molar-refractivity contribution in [3.05, 3.63) is 125 Å². The third-order valence-corrected chi connectivity index (χ3v) is 8.25. The molecule has 0 aliphatic carbocycles. The first-order valence-electron chi connectivity index (χ1n) is 12.5. The summed E-state index contributed by atoms with van der Waals surface area (Å²) >= 11 is 4.64. The summed E-state index contributed by atoms with van der Waals surface area (Å²) in [7, 11) is 0. The highest BCUT2D eigenvalue weighted by atomic mass is 79.9. The molecule has 0 unspecified atom stereocenters. The molecule has 0 amide bonds. The van der Waals surface area contributed by atoms with Gasteiger partial charge in [-0.25, -0.2) is 9.79 Å². The number of Topliss-reactive ketones (excluding diaryl/α,β-unsaturated/α-hetero) is 1. The minimum Gasteiger partial charge on any atom is -0.478 e. The molecule has 2 aromatic carbocycles. The van der Waals surface area contributed by atoms with Gasteiger partial charge in [-0.05, 0) is 62.4 Å². The number of hydrogen-bond acceptors (Lipinski definition) is 7. The van der Waals surface area contributed by atoms with E-state index in [1.54, 1.807) is 43.3 Å². The number of thiazole rings is 1. The van der Waals surface area contributed by atoms with Crippen LogP contribution in [0.15, 0.2) is 107 Å². The Kier molecular flexibility index (Phi) is 6.80. The van der Waals surface area contributed by atoms with Crippen LogP contribution in [0.2, 0.25) is 0 Å². The molecule has 0 saturated heterocycles. The number of nitrogens with zero attached hydrogens (tertiary/aromatic N) is 2. The standard InChI is InChI=1S/C31H21BrN2O6S/c1-16-27(17(2)35)28(25-14-13-24(40-25)19-7-9-21(32)10-8-19)34-29(36)26(41-31(34)33-16)15-22-11-12-23(39-22)18-3-5-20(6-4-18)30(37)38/h3-15,28H,1-2H3,(H,37,38)/b26-15+/t28-/m0/s1. The molecule has 8 nitrogen and oxygen atoms in total. The van der Waals surface area contributed by atoms with Crippen LogP contribution in [0.5, 0.6) is 0 Å². The van der Waals surface area contributed by atoms with Crippen LogP contribution in [0.4, 0.5) is 0 Å².